The molecule has 0 radical (unpaired) electrons. The van der Waals surface area contributed by atoms with Crippen molar-refractivity contribution in [3.05, 3.63) is 53.1 Å². The molecule has 2 unspecified atom stereocenters. The molecule has 0 saturated heterocycles. The Hall–Kier alpha value is -2.40. The Bertz CT molecular complexity index is 1040. The largest absolute Gasteiger partial charge is 0.481 e. The van der Waals surface area contributed by atoms with Crippen molar-refractivity contribution >= 4 is 18.0 Å². The number of carbonyl (C=O) groups is 2. The van der Waals surface area contributed by atoms with Crippen LogP contribution >= 0.6 is 0 Å². The molecule has 7 atom stereocenters. The number of hydrogen-bond acceptors (Lipinski definition) is 3. The molecule has 176 valence electrons. The van der Waals surface area contributed by atoms with Crippen LogP contribution in [0.3, 0.4) is 0 Å². The van der Waals surface area contributed by atoms with Crippen LogP contribution in [0, 0.1) is 28.6 Å². The summed E-state index contributed by atoms with van der Waals surface area (Å²) in [5, 5.41) is 20.6. The van der Waals surface area contributed by atoms with Gasteiger partial charge in [-0.05, 0) is 72.6 Å². The maximum atomic E-state index is 12.3. The Labute approximate surface area is 196 Å². The Morgan fingerprint density at radius 1 is 1.21 bits per heavy atom. The van der Waals surface area contributed by atoms with Gasteiger partial charge in [0, 0.05) is 23.9 Å². The van der Waals surface area contributed by atoms with E-state index in [1.165, 1.54) is 0 Å². The van der Waals surface area contributed by atoms with Crippen molar-refractivity contribution in [3.63, 3.8) is 0 Å². The van der Waals surface area contributed by atoms with Gasteiger partial charge in [-0.2, -0.15) is 0 Å². The lowest BCUT2D eigenvalue weighted by Gasteiger charge is -2.59. The third-order valence-corrected chi connectivity index (χ3v) is 9.66. The van der Waals surface area contributed by atoms with E-state index in [1.807, 2.05) is 36.2 Å². The number of amides is 1. The predicted molar refractivity (Wildman–Crippen MR) is 127 cm³/mol. The molecule has 2 N–H and O–H groups in total. The average molecular weight is 450 g/mol. The molecule has 5 rings (SSSR count). The van der Waals surface area contributed by atoms with Gasteiger partial charge in [-0.15, -0.1) is 0 Å². The number of carboxylic acids is 1. The number of rotatable bonds is 3. The normalized spacial score (nSPS) is 41.0. The number of hydrogen-bond donors (Lipinski definition) is 2. The summed E-state index contributed by atoms with van der Waals surface area (Å²) in [5.41, 5.74) is 2.69. The van der Waals surface area contributed by atoms with Crippen LogP contribution in [-0.4, -0.2) is 46.2 Å². The van der Waals surface area contributed by atoms with Crippen molar-refractivity contribution in [2.45, 2.75) is 64.5 Å². The van der Waals surface area contributed by atoms with Crippen LogP contribution in [0.5, 0.6) is 0 Å². The van der Waals surface area contributed by atoms with Crippen molar-refractivity contribution in [1.29, 1.82) is 0 Å². The number of carboxylic acid groups (broad SMARTS) is 1. The fourth-order valence-electron chi connectivity index (χ4n) is 7.92. The minimum absolute atomic E-state index is 0.00447. The molecule has 0 spiro atoms. The quantitative estimate of drug-likeness (QED) is 0.721. The van der Waals surface area contributed by atoms with Gasteiger partial charge >= 0.3 is 5.97 Å². The van der Waals surface area contributed by atoms with Crippen LogP contribution in [0.25, 0.3) is 6.08 Å². The second-order valence-corrected chi connectivity index (χ2v) is 11.3. The van der Waals surface area contributed by atoms with E-state index in [2.05, 4.69) is 26.0 Å². The van der Waals surface area contributed by atoms with Crippen molar-refractivity contribution in [3.8, 4) is 0 Å². The molecule has 3 fully saturated rings. The average Bonchev–Trinajstić information content (AvgIpc) is 3.01. The van der Waals surface area contributed by atoms with Gasteiger partial charge in [0.2, 0.25) is 5.91 Å². The van der Waals surface area contributed by atoms with Crippen LogP contribution in [0.15, 0.2) is 42.0 Å². The summed E-state index contributed by atoms with van der Waals surface area (Å²) in [6, 6.07) is 7.91. The van der Waals surface area contributed by atoms with Gasteiger partial charge in [-0.3, -0.25) is 9.59 Å². The molecule has 1 aliphatic heterocycles. The minimum atomic E-state index is -0.835. The lowest BCUT2D eigenvalue weighted by molar-refractivity contribution is -0.140. The van der Waals surface area contributed by atoms with Gasteiger partial charge in [0.1, 0.15) is 0 Å². The fraction of sp³-hybridized carbons (Fsp3) is 0.571. The molecule has 1 aromatic rings. The first kappa shape index (κ1) is 22.4. The van der Waals surface area contributed by atoms with Gasteiger partial charge < -0.3 is 15.1 Å². The molecule has 3 aliphatic carbocycles. The minimum Gasteiger partial charge on any atom is -0.481 e. The molecule has 3 saturated carbocycles. The maximum Gasteiger partial charge on any atom is 0.307 e. The van der Waals surface area contributed by atoms with Crippen LogP contribution in [-0.2, 0) is 16.0 Å². The lowest BCUT2D eigenvalue weighted by atomic mass is 9.48. The molecule has 0 aromatic heterocycles. The molecule has 4 aliphatic rings. The van der Waals surface area contributed by atoms with E-state index in [-0.39, 0.29) is 29.2 Å². The molecule has 1 heterocycles. The highest BCUT2D eigenvalue weighted by molar-refractivity contribution is 5.89. The monoisotopic (exact) mass is 449 g/mol. The highest BCUT2D eigenvalue weighted by Crippen LogP contribution is 2.65. The van der Waals surface area contributed by atoms with Gasteiger partial charge in [-0.25, -0.2) is 0 Å². The van der Waals surface area contributed by atoms with Crippen LogP contribution < -0.4 is 0 Å². The zero-order valence-corrected chi connectivity index (χ0v) is 19.8. The zero-order chi connectivity index (χ0) is 23.5. The van der Waals surface area contributed by atoms with Crippen molar-refractivity contribution in [1.82, 2.24) is 4.90 Å². The number of aliphatic hydroxyl groups is 1. The number of benzene rings is 1. The van der Waals surface area contributed by atoms with E-state index in [1.54, 1.807) is 6.08 Å². The van der Waals surface area contributed by atoms with Gasteiger partial charge in [-0.1, -0.05) is 50.3 Å². The number of aliphatic hydroxyl groups excluding tert-OH is 1. The van der Waals surface area contributed by atoms with Crippen molar-refractivity contribution < 1.29 is 19.8 Å². The number of likely N-dealkylation sites (N-methyl/N-ethyl adjacent to an activating group) is 1. The zero-order valence-electron chi connectivity index (χ0n) is 19.8. The van der Waals surface area contributed by atoms with E-state index in [0.717, 1.165) is 48.8 Å². The number of nitrogens with zero attached hydrogens (tertiary/aromatic N) is 1. The SMILES string of the molecule is CN1C(=O)C=C[C@@]2(C)C1CC[C@@H]1[C@H]2CC[C@]2(C)C(O)C(=Cc3cccc(CC(=O)O)c3)C[C@@H]12. The van der Waals surface area contributed by atoms with E-state index in [9.17, 15) is 14.7 Å². The summed E-state index contributed by atoms with van der Waals surface area (Å²) in [4.78, 5) is 25.3. The summed E-state index contributed by atoms with van der Waals surface area (Å²) in [6.45, 7) is 4.60. The van der Waals surface area contributed by atoms with Crippen molar-refractivity contribution in [2.24, 2.45) is 28.6 Å². The highest BCUT2D eigenvalue weighted by Gasteiger charge is 2.61. The second kappa shape index (κ2) is 7.83. The van der Waals surface area contributed by atoms with Crippen molar-refractivity contribution in [2.75, 3.05) is 7.05 Å². The predicted octanol–water partition coefficient (Wildman–Crippen LogP) is 4.31. The first-order valence-electron chi connectivity index (χ1n) is 12.3. The molecule has 5 heteroatoms. The third-order valence-electron chi connectivity index (χ3n) is 9.66. The second-order valence-electron chi connectivity index (χ2n) is 11.3. The summed E-state index contributed by atoms with van der Waals surface area (Å²) < 4.78 is 0. The Kier molecular flexibility index (Phi) is 5.32. The lowest BCUT2D eigenvalue weighted by Crippen LogP contribution is -2.59. The smallest absolute Gasteiger partial charge is 0.307 e. The van der Waals surface area contributed by atoms with Crippen LogP contribution in [0.2, 0.25) is 0 Å². The molecular formula is C28H35NO4. The highest BCUT2D eigenvalue weighted by atomic mass is 16.4. The summed E-state index contributed by atoms with van der Waals surface area (Å²) in [5.74, 6) is 0.761. The standard InChI is InChI=1S/C28H35NO4/c1-27-12-10-24(30)29(3)23(27)8-7-20-21(27)9-11-28(2)22(20)16-19(26(28)33)14-17-5-4-6-18(13-17)15-25(31)32/h4-6,10,12-14,20-23,26,33H,7-9,11,15-16H2,1-3H3,(H,31,32)/t20-,21-,22+,23?,26?,27-,28+/m1/s1. The maximum absolute atomic E-state index is 12.3. The van der Waals surface area contributed by atoms with E-state index in [4.69, 9.17) is 5.11 Å². The van der Waals surface area contributed by atoms with Gasteiger partial charge in [0.05, 0.1) is 12.5 Å². The fourth-order valence-corrected chi connectivity index (χ4v) is 7.92. The molecule has 0 bridgehead atoms. The molecule has 33 heavy (non-hydrogen) atoms. The molecule has 1 amide bonds. The number of carbonyl (C=O) groups excluding carboxylic acids is 1. The third kappa shape index (κ3) is 3.47. The van der Waals surface area contributed by atoms with Crippen LogP contribution in [0.1, 0.15) is 57.1 Å². The first-order chi connectivity index (χ1) is 15.6. The van der Waals surface area contributed by atoms with E-state index < -0.39 is 12.1 Å². The van der Waals surface area contributed by atoms with E-state index in [0.29, 0.717) is 17.8 Å². The number of aliphatic carboxylic acids is 1. The van der Waals surface area contributed by atoms with Gasteiger partial charge in [0.25, 0.3) is 0 Å². The molecule has 5 nitrogen and oxygen atoms in total. The topological polar surface area (TPSA) is 77.8 Å². The van der Waals surface area contributed by atoms with Gasteiger partial charge in [0.15, 0.2) is 0 Å². The first-order valence-corrected chi connectivity index (χ1v) is 12.3. The van der Waals surface area contributed by atoms with Crippen LogP contribution in [0.4, 0.5) is 0 Å². The summed E-state index contributed by atoms with van der Waals surface area (Å²) in [6.07, 6.45) is 10.7. The Balaban J connectivity index is 1.44. The number of fused-ring (bicyclic) bond motifs is 5. The Morgan fingerprint density at radius 3 is 2.76 bits per heavy atom. The van der Waals surface area contributed by atoms with E-state index >= 15 is 0 Å². The Morgan fingerprint density at radius 2 is 2.00 bits per heavy atom. The summed E-state index contributed by atoms with van der Waals surface area (Å²) >= 11 is 0. The molecule has 1 aromatic carbocycles. The summed E-state index contributed by atoms with van der Waals surface area (Å²) in [7, 11) is 1.95. The molecular weight excluding hydrogens is 414 g/mol.